The summed E-state index contributed by atoms with van der Waals surface area (Å²) in [5, 5.41) is 4.01. The molecule has 0 aliphatic heterocycles. The van der Waals surface area contributed by atoms with Crippen LogP contribution in [0.25, 0.3) is 0 Å². The summed E-state index contributed by atoms with van der Waals surface area (Å²) in [6.45, 7) is 6.02. The summed E-state index contributed by atoms with van der Waals surface area (Å²) in [6, 6.07) is 5.50. The quantitative estimate of drug-likeness (QED) is 0.767. The van der Waals surface area contributed by atoms with Gasteiger partial charge in [-0.3, -0.25) is 0 Å². The van der Waals surface area contributed by atoms with Crippen molar-refractivity contribution in [2.45, 2.75) is 20.3 Å². The Morgan fingerprint density at radius 3 is 2.71 bits per heavy atom. The van der Waals surface area contributed by atoms with Gasteiger partial charge in [0.2, 0.25) is 0 Å². The van der Waals surface area contributed by atoms with Crippen LogP contribution in [-0.2, 0) is 4.74 Å². The molecule has 0 saturated carbocycles. The normalized spacial score (nSPS) is 11.5. The lowest BCUT2D eigenvalue weighted by atomic mass is 9.89. The minimum absolute atomic E-state index is 0.169. The van der Waals surface area contributed by atoms with Gasteiger partial charge in [0.05, 0.1) is 11.4 Å². The highest BCUT2D eigenvalue weighted by molar-refractivity contribution is 6.31. The molecule has 4 heteroatoms. The highest BCUT2D eigenvalue weighted by Gasteiger charge is 2.17. The largest absolute Gasteiger partial charge is 0.397 e. The highest BCUT2D eigenvalue weighted by Crippen LogP contribution is 2.26. The van der Waals surface area contributed by atoms with Gasteiger partial charge in [0.15, 0.2) is 0 Å². The number of ether oxygens (including phenoxy) is 1. The number of halogens is 1. The Hall–Kier alpha value is -0.930. The van der Waals surface area contributed by atoms with Gasteiger partial charge >= 0.3 is 0 Å². The van der Waals surface area contributed by atoms with Gasteiger partial charge in [-0.1, -0.05) is 25.4 Å². The Balaban J connectivity index is 2.54. The van der Waals surface area contributed by atoms with Crippen molar-refractivity contribution in [3.63, 3.8) is 0 Å². The fourth-order valence-corrected chi connectivity index (χ4v) is 1.68. The molecule has 0 aliphatic rings. The number of nitrogens with two attached hydrogens (primary N) is 1. The van der Waals surface area contributed by atoms with Crippen LogP contribution in [0.3, 0.4) is 0 Å². The smallest absolute Gasteiger partial charge is 0.0575 e. The van der Waals surface area contributed by atoms with E-state index < -0.39 is 0 Å². The summed E-state index contributed by atoms with van der Waals surface area (Å²) in [7, 11) is 1.72. The van der Waals surface area contributed by atoms with Crippen LogP contribution in [0, 0.1) is 5.41 Å². The maximum absolute atomic E-state index is 5.88. The topological polar surface area (TPSA) is 47.3 Å². The van der Waals surface area contributed by atoms with Crippen molar-refractivity contribution in [3.05, 3.63) is 23.2 Å². The molecule has 0 spiro atoms. The monoisotopic (exact) mass is 256 g/mol. The molecule has 0 aromatic heterocycles. The van der Waals surface area contributed by atoms with Gasteiger partial charge in [0, 0.05) is 25.3 Å². The van der Waals surface area contributed by atoms with Crippen molar-refractivity contribution in [2.75, 3.05) is 31.3 Å². The van der Waals surface area contributed by atoms with E-state index in [1.807, 2.05) is 12.1 Å². The lowest BCUT2D eigenvalue weighted by Crippen LogP contribution is -2.24. The van der Waals surface area contributed by atoms with Gasteiger partial charge in [-0.25, -0.2) is 0 Å². The molecule has 0 atom stereocenters. The van der Waals surface area contributed by atoms with E-state index in [0.29, 0.717) is 10.7 Å². The number of hydrogen-bond acceptors (Lipinski definition) is 3. The van der Waals surface area contributed by atoms with E-state index in [1.54, 1.807) is 13.2 Å². The average molecular weight is 257 g/mol. The van der Waals surface area contributed by atoms with E-state index >= 15 is 0 Å². The number of rotatable bonds is 6. The molecule has 1 rings (SSSR count). The van der Waals surface area contributed by atoms with Crippen molar-refractivity contribution in [1.82, 2.24) is 0 Å². The molecular weight excluding hydrogens is 236 g/mol. The van der Waals surface area contributed by atoms with Crippen LogP contribution in [0.15, 0.2) is 18.2 Å². The Morgan fingerprint density at radius 2 is 2.12 bits per heavy atom. The van der Waals surface area contributed by atoms with Gasteiger partial charge in [-0.2, -0.15) is 0 Å². The van der Waals surface area contributed by atoms with Crippen molar-refractivity contribution in [3.8, 4) is 0 Å². The van der Waals surface area contributed by atoms with Crippen molar-refractivity contribution >= 4 is 23.0 Å². The molecule has 0 amide bonds. The molecule has 96 valence electrons. The predicted octanol–water partition coefficient (Wildman–Crippen LogP) is 3.40. The highest BCUT2D eigenvalue weighted by atomic mass is 35.5. The molecule has 1 aromatic rings. The van der Waals surface area contributed by atoms with Crippen molar-refractivity contribution < 1.29 is 4.74 Å². The van der Waals surface area contributed by atoms with Crippen LogP contribution in [0.5, 0.6) is 0 Å². The molecule has 1 aromatic carbocycles. The SMILES string of the molecule is COCCC(C)(C)CNc1ccc(Cl)cc1N. The molecule has 0 radical (unpaired) electrons. The Morgan fingerprint density at radius 1 is 1.41 bits per heavy atom. The molecular formula is C13H21ClN2O. The van der Waals surface area contributed by atoms with E-state index in [0.717, 1.165) is 25.3 Å². The van der Waals surface area contributed by atoms with Crippen LogP contribution >= 0.6 is 11.6 Å². The van der Waals surface area contributed by atoms with E-state index in [9.17, 15) is 0 Å². The number of nitrogen functional groups attached to an aromatic ring is 1. The third-order valence-electron chi connectivity index (χ3n) is 2.75. The van der Waals surface area contributed by atoms with Crippen molar-refractivity contribution in [2.24, 2.45) is 5.41 Å². The van der Waals surface area contributed by atoms with E-state index in [2.05, 4.69) is 19.2 Å². The van der Waals surface area contributed by atoms with E-state index in [4.69, 9.17) is 22.1 Å². The first-order valence-electron chi connectivity index (χ1n) is 5.72. The fraction of sp³-hybridized carbons (Fsp3) is 0.538. The van der Waals surface area contributed by atoms with Crippen molar-refractivity contribution in [1.29, 1.82) is 0 Å². The number of benzene rings is 1. The molecule has 0 aliphatic carbocycles. The third kappa shape index (κ3) is 4.84. The van der Waals surface area contributed by atoms with Crippen LogP contribution < -0.4 is 11.1 Å². The first-order chi connectivity index (χ1) is 7.94. The molecule has 0 bridgehead atoms. The number of hydrogen-bond donors (Lipinski definition) is 2. The Labute approximate surface area is 108 Å². The zero-order valence-corrected chi connectivity index (χ0v) is 11.5. The molecule has 3 N–H and O–H groups in total. The van der Waals surface area contributed by atoms with Crippen LogP contribution in [0.1, 0.15) is 20.3 Å². The Bertz CT molecular complexity index is 366. The maximum Gasteiger partial charge on any atom is 0.0575 e. The summed E-state index contributed by atoms with van der Waals surface area (Å²) in [4.78, 5) is 0. The lowest BCUT2D eigenvalue weighted by molar-refractivity contribution is 0.157. The zero-order valence-electron chi connectivity index (χ0n) is 10.7. The molecule has 3 nitrogen and oxygen atoms in total. The van der Waals surface area contributed by atoms with E-state index in [1.165, 1.54) is 0 Å². The van der Waals surface area contributed by atoms with Gasteiger partial charge in [-0.05, 0) is 30.0 Å². The number of nitrogens with one attached hydrogen (secondary N) is 1. The van der Waals surface area contributed by atoms with Gasteiger partial charge in [-0.15, -0.1) is 0 Å². The third-order valence-corrected chi connectivity index (χ3v) is 2.99. The summed E-state index contributed by atoms with van der Waals surface area (Å²) < 4.78 is 5.10. The second-order valence-electron chi connectivity index (χ2n) is 4.99. The zero-order chi connectivity index (χ0) is 12.9. The molecule has 0 unspecified atom stereocenters. The van der Waals surface area contributed by atoms with Gasteiger partial charge in [0.1, 0.15) is 0 Å². The van der Waals surface area contributed by atoms with Crippen LogP contribution in [0.2, 0.25) is 5.02 Å². The minimum Gasteiger partial charge on any atom is -0.397 e. The molecule has 17 heavy (non-hydrogen) atoms. The fourth-order valence-electron chi connectivity index (χ4n) is 1.50. The van der Waals surface area contributed by atoms with E-state index in [-0.39, 0.29) is 5.41 Å². The maximum atomic E-state index is 5.88. The predicted molar refractivity (Wildman–Crippen MR) is 74.6 cm³/mol. The van der Waals surface area contributed by atoms with Gasteiger partial charge in [0.25, 0.3) is 0 Å². The second-order valence-corrected chi connectivity index (χ2v) is 5.43. The molecule has 0 saturated heterocycles. The standard InChI is InChI=1S/C13H21ClN2O/c1-13(2,6-7-17-3)9-16-12-5-4-10(14)8-11(12)15/h4-5,8,16H,6-7,9,15H2,1-3H3. The summed E-state index contributed by atoms with van der Waals surface area (Å²) in [5.74, 6) is 0. The number of anilines is 2. The molecule has 0 fully saturated rings. The summed E-state index contributed by atoms with van der Waals surface area (Å²) in [5.41, 5.74) is 7.66. The van der Waals surface area contributed by atoms with Crippen LogP contribution in [-0.4, -0.2) is 20.3 Å². The van der Waals surface area contributed by atoms with Gasteiger partial charge < -0.3 is 15.8 Å². The lowest BCUT2D eigenvalue weighted by Gasteiger charge is -2.25. The number of methoxy groups -OCH3 is 1. The first-order valence-corrected chi connectivity index (χ1v) is 6.10. The minimum atomic E-state index is 0.169. The summed E-state index contributed by atoms with van der Waals surface area (Å²) in [6.07, 6.45) is 1.00. The molecule has 0 heterocycles. The second kappa shape index (κ2) is 6.12. The average Bonchev–Trinajstić information content (AvgIpc) is 2.25. The first kappa shape index (κ1) is 14.1. The summed E-state index contributed by atoms with van der Waals surface area (Å²) >= 11 is 5.85. The van der Waals surface area contributed by atoms with Crippen LogP contribution in [0.4, 0.5) is 11.4 Å². The Kier molecular flexibility index (Phi) is 5.09.